The van der Waals surface area contributed by atoms with Gasteiger partial charge >= 0.3 is 0 Å². The number of aliphatic hydroxyl groups is 1. The maximum atomic E-state index is 11.3. The zero-order valence-corrected chi connectivity index (χ0v) is 10.9. The van der Waals surface area contributed by atoms with Gasteiger partial charge in [-0.2, -0.15) is 0 Å². The normalized spacial score (nSPS) is 10.8. The lowest BCUT2D eigenvalue weighted by atomic mass is 10.1. The molecule has 18 heavy (non-hydrogen) atoms. The molecule has 1 aromatic carbocycles. The van der Waals surface area contributed by atoms with Crippen molar-refractivity contribution in [1.82, 2.24) is 4.90 Å². The van der Waals surface area contributed by atoms with Gasteiger partial charge in [0, 0.05) is 18.7 Å². The molecule has 0 unspecified atom stereocenters. The Labute approximate surface area is 108 Å². The summed E-state index contributed by atoms with van der Waals surface area (Å²) in [6, 6.07) is 7.37. The second-order valence-electron chi connectivity index (χ2n) is 4.37. The third-order valence-electron chi connectivity index (χ3n) is 2.92. The number of benzene rings is 1. The number of primary amides is 1. The number of rotatable bonds is 8. The van der Waals surface area contributed by atoms with Crippen LogP contribution >= 0.6 is 0 Å². The van der Waals surface area contributed by atoms with E-state index >= 15 is 0 Å². The van der Waals surface area contributed by atoms with Crippen LogP contribution in [0.3, 0.4) is 0 Å². The summed E-state index contributed by atoms with van der Waals surface area (Å²) in [5.74, 6) is -0.398. The number of carbonyl (C=O) groups excluding carboxylic acids is 1. The fraction of sp³-hybridized carbons (Fsp3) is 0.500. The second-order valence-corrected chi connectivity index (χ2v) is 4.37. The van der Waals surface area contributed by atoms with E-state index in [0.717, 1.165) is 24.9 Å². The second kappa shape index (κ2) is 7.84. The average Bonchev–Trinajstić information content (AvgIpc) is 2.36. The predicted molar refractivity (Wildman–Crippen MR) is 72.2 cm³/mol. The van der Waals surface area contributed by atoms with E-state index in [9.17, 15) is 4.79 Å². The molecule has 4 heteroatoms. The summed E-state index contributed by atoms with van der Waals surface area (Å²) >= 11 is 0. The Bertz CT molecular complexity index is 380. The Morgan fingerprint density at radius 1 is 1.33 bits per heavy atom. The van der Waals surface area contributed by atoms with E-state index in [1.54, 1.807) is 6.07 Å². The SMILES string of the molecule is CCCCN(CCO)Cc1ccccc1C(N)=O. The number of amides is 1. The first kappa shape index (κ1) is 14.7. The van der Waals surface area contributed by atoms with Gasteiger partial charge in [0.15, 0.2) is 0 Å². The van der Waals surface area contributed by atoms with Crippen LogP contribution in [-0.4, -0.2) is 35.6 Å². The minimum atomic E-state index is -0.398. The summed E-state index contributed by atoms with van der Waals surface area (Å²) in [6.45, 7) is 4.45. The van der Waals surface area contributed by atoms with Crippen molar-refractivity contribution in [2.24, 2.45) is 5.73 Å². The van der Waals surface area contributed by atoms with Crippen LogP contribution in [-0.2, 0) is 6.54 Å². The number of unbranched alkanes of at least 4 members (excludes halogenated alkanes) is 1. The number of nitrogens with two attached hydrogens (primary N) is 1. The summed E-state index contributed by atoms with van der Waals surface area (Å²) in [7, 11) is 0. The van der Waals surface area contributed by atoms with Crippen LogP contribution in [0, 0.1) is 0 Å². The van der Waals surface area contributed by atoms with Crippen molar-refractivity contribution in [1.29, 1.82) is 0 Å². The molecule has 0 aromatic heterocycles. The number of hydrogen-bond donors (Lipinski definition) is 2. The van der Waals surface area contributed by atoms with E-state index < -0.39 is 5.91 Å². The summed E-state index contributed by atoms with van der Waals surface area (Å²) in [5.41, 5.74) is 6.85. The molecule has 0 saturated carbocycles. The van der Waals surface area contributed by atoms with Gasteiger partial charge in [-0.25, -0.2) is 0 Å². The van der Waals surface area contributed by atoms with Gasteiger partial charge in [0.05, 0.1) is 6.61 Å². The Morgan fingerprint density at radius 3 is 2.67 bits per heavy atom. The minimum Gasteiger partial charge on any atom is -0.395 e. The topological polar surface area (TPSA) is 66.6 Å². The van der Waals surface area contributed by atoms with E-state index in [1.807, 2.05) is 18.2 Å². The fourth-order valence-corrected chi connectivity index (χ4v) is 1.93. The van der Waals surface area contributed by atoms with Crippen LogP contribution in [0.2, 0.25) is 0 Å². The molecule has 0 aliphatic carbocycles. The van der Waals surface area contributed by atoms with Gasteiger partial charge < -0.3 is 10.8 Å². The Kier molecular flexibility index (Phi) is 6.39. The molecule has 0 bridgehead atoms. The monoisotopic (exact) mass is 250 g/mol. The number of aliphatic hydroxyl groups excluding tert-OH is 1. The third kappa shape index (κ3) is 4.47. The van der Waals surface area contributed by atoms with Crippen molar-refractivity contribution in [2.75, 3.05) is 19.7 Å². The van der Waals surface area contributed by atoms with Crippen LogP contribution in [0.4, 0.5) is 0 Å². The minimum absolute atomic E-state index is 0.127. The maximum Gasteiger partial charge on any atom is 0.249 e. The molecule has 0 aliphatic heterocycles. The highest BCUT2D eigenvalue weighted by Gasteiger charge is 2.11. The molecule has 3 N–H and O–H groups in total. The van der Waals surface area contributed by atoms with Gasteiger partial charge in [-0.1, -0.05) is 31.5 Å². The molecule has 1 aromatic rings. The molecule has 1 amide bonds. The van der Waals surface area contributed by atoms with E-state index in [2.05, 4.69) is 11.8 Å². The van der Waals surface area contributed by atoms with Crippen molar-refractivity contribution >= 4 is 5.91 Å². The molecule has 0 radical (unpaired) electrons. The molecule has 0 fully saturated rings. The van der Waals surface area contributed by atoms with Crippen LogP contribution < -0.4 is 5.73 Å². The van der Waals surface area contributed by atoms with Gasteiger partial charge in [0.25, 0.3) is 0 Å². The lowest BCUT2D eigenvalue weighted by molar-refractivity contribution is 0.0998. The highest BCUT2D eigenvalue weighted by atomic mass is 16.3. The third-order valence-corrected chi connectivity index (χ3v) is 2.92. The van der Waals surface area contributed by atoms with Gasteiger partial charge in [0.1, 0.15) is 0 Å². The van der Waals surface area contributed by atoms with Gasteiger partial charge in [-0.15, -0.1) is 0 Å². The number of hydrogen-bond acceptors (Lipinski definition) is 3. The van der Waals surface area contributed by atoms with Crippen LogP contribution in [0.15, 0.2) is 24.3 Å². The zero-order valence-electron chi connectivity index (χ0n) is 10.9. The van der Waals surface area contributed by atoms with Crippen molar-refractivity contribution in [3.8, 4) is 0 Å². The molecule has 4 nitrogen and oxygen atoms in total. The summed E-state index contributed by atoms with van der Waals surface area (Å²) in [4.78, 5) is 13.5. The summed E-state index contributed by atoms with van der Waals surface area (Å²) < 4.78 is 0. The maximum absolute atomic E-state index is 11.3. The first-order chi connectivity index (χ1) is 8.69. The van der Waals surface area contributed by atoms with Crippen LogP contribution in [0.1, 0.15) is 35.7 Å². The highest BCUT2D eigenvalue weighted by Crippen LogP contribution is 2.11. The highest BCUT2D eigenvalue weighted by molar-refractivity contribution is 5.94. The van der Waals surface area contributed by atoms with E-state index in [1.165, 1.54) is 0 Å². The summed E-state index contributed by atoms with van der Waals surface area (Å²) in [6.07, 6.45) is 2.19. The number of carbonyl (C=O) groups is 1. The molecular weight excluding hydrogens is 228 g/mol. The summed E-state index contributed by atoms with van der Waals surface area (Å²) in [5, 5.41) is 9.06. The van der Waals surface area contributed by atoms with Gasteiger partial charge in [-0.3, -0.25) is 9.69 Å². The van der Waals surface area contributed by atoms with Crippen molar-refractivity contribution in [2.45, 2.75) is 26.3 Å². The van der Waals surface area contributed by atoms with Crippen LogP contribution in [0.25, 0.3) is 0 Å². The lowest BCUT2D eigenvalue weighted by Crippen LogP contribution is -2.28. The standard InChI is InChI=1S/C14H22N2O2/c1-2-3-8-16(9-10-17)11-12-6-4-5-7-13(12)14(15)18/h4-7,17H,2-3,8-11H2,1H3,(H2,15,18). The molecule has 0 heterocycles. The predicted octanol–water partition coefficient (Wildman–Crippen LogP) is 1.38. The molecule has 100 valence electrons. The van der Waals surface area contributed by atoms with E-state index in [-0.39, 0.29) is 6.61 Å². The van der Waals surface area contributed by atoms with Gasteiger partial charge in [-0.05, 0) is 24.6 Å². The first-order valence-electron chi connectivity index (χ1n) is 6.40. The van der Waals surface area contributed by atoms with E-state index in [4.69, 9.17) is 10.8 Å². The molecular formula is C14H22N2O2. The van der Waals surface area contributed by atoms with Crippen LogP contribution in [0.5, 0.6) is 0 Å². The fourth-order valence-electron chi connectivity index (χ4n) is 1.93. The Morgan fingerprint density at radius 2 is 2.06 bits per heavy atom. The largest absolute Gasteiger partial charge is 0.395 e. The molecule has 1 rings (SSSR count). The zero-order chi connectivity index (χ0) is 13.4. The van der Waals surface area contributed by atoms with Gasteiger partial charge in [0.2, 0.25) is 5.91 Å². The molecule has 0 atom stereocenters. The molecule has 0 saturated heterocycles. The Hall–Kier alpha value is -1.39. The first-order valence-corrected chi connectivity index (χ1v) is 6.40. The lowest BCUT2D eigenvalue weighted by Gasteiger charge is -2.22. The molecule has 0 aliphatic rings. The van der Waals surface area contributed by atoms with Crippen molar-refractivity contribution in [3.05, 3.63) is 35.4 Å². The van der Waals surface area contributed by atoms with E-state index in [0.29, 0.717) is 18.7 Å². The quantitative estimate of drug-likeness (QED) is 0.732. The van der Waals surface area contributed by atoms with Crippen molar-refractivity contribution < 1.29 is 9.90 Å². The average molecular weight is 250 g/mol. The van der Waals surface area contributed by atoms with Crippen molar-refractivity contribution in [3.63, 3.8) is 0 Å². The Balaban J connectivity index is 2.76. The number of nitrogens with zero attached hydrogens (tertiary/aromatic N) is 1. The smallest absolute Gasteiger partial charge is 0.249 e. The molecule has 0 spiro atoms.